The molecule has 1 saturated heterocycles. The van der Waals surface area contributed by atoms with Gasteiger partial charge in [0.05, 0.1) is 6.04 Å². The van der Waals surface area contributed by atoms with Gasteiger partial charge in [-0.05, 0) is 13.3 Å². The van der Waals surface area contributed by atoms with Gasteiger partial charge in [0, 0.05) is 39.6 Å². The van der Waals surface area contributed by atoms with Crippen LogP contribution in [0.5, 0.6) is 0 Å². The fraction of sp³-hybridized carbons (Fsp3) is 0.833. The van der Waals surface area contributed by atoms with E-state index in [0.29, 0.717) is 0 Å². The lowest BCUT2D eigenvalue weighted by atomic mass is 10.2. The highest BCUT2D eigenvalue weighted by Gasteiger charge is 2.25. The minimum absolute atomic E-state index is 0.0862. The topological polar surface area (TPSA) is 52.7 Å². The fourth-order valence-electron chi connectivity index (χ4n) is 1.99. The number of piperazine rings is 1. The summed E-state index contributed by atoms with van der Waals surface area (Å²) in [4.78, 5) is 26.9. The van der Waals surface area contributed by atoms with Gasteiger partial charge >= 0.3 is 0 Å². The van der Waals surface area contributed by atoms with Crippen molar-refractivity contribution in [3.05, 3.63) is 0 Å². The van der Waals surface area contributed by atoms with E-state index in [0.717, 1.165) is 39.1 Å². The Morgan fingerprint density at radius 2 is 1.82 bits per heavy atom. The number of nitrogens with one attached hydrogen (secondary N) is 1. The molecule has 2 amide bonds. The summed E-state index contributed by atoms with van der Waals surface area (Å²) in [6.45, 7) is 9.29. The van der Waals surface area contributed by atoms with E-state index in [1.807, 2.05) is 18.7 Å². The first kappa shape index (κ1) is 14.0. The summed E-state index contributed by atoms with van der Waals surface area (Å²) in [7, 11) is 0. The molecule has 1 N–H and O–H groups in total. The van der Waals surface area contributed by atoms with Crippen LogP contribution in [0.25, 0.3) is 0 Å². The van der Waals surface area contributed by atoms with Crippen molar-refractivity contribution in [1.29, 1.82) is 0 Å². The van der Waals surface area contributed by atoms with Crippen LogP contribution in [0, 0.1) is 0 Å². The maximum Gasteiger partial charge on any atom is 0.237 e. The number of rotatable bonds is 4. The zero-order valence-corrected chi connectivity index (χ0v) is 11.0. The van der Waals surface area contributed by atoms with Gasteiger partial charge in [0.25, 0.3) is 0 Å². The highest BCUT2D eigenvalue weighted by atomic mass is 16.2. The smallest absolute Gasteiger partial charge is 0.237 e. The lowest BCUT2D eigenvalue weighted by Gasteiger charge is -2.37. The highest BCUT2D eigenvalue weighted by Crippen LogP contribution is 2.06. The van der Waals surface area contributed by atoms with Crippen LogP contribution >= 0.6 is 0 Å². The fourth-order valence-corrected chi connectivity index (χ4v) is 1.99. The Hall–Kier alpha value is -1.10. The summed E-state index contributed by atoms with van der Waals surface area (Å²) >= 11 is 0. The second-order valence-electron chi connectivity index (χ2n) is 4.51. The molecule has 0 radical (unpaired) electrons. The minimum atomic E-state index is -0.101. The molecule has 0 aliphatic carbocycles. The molecule has 1 aliphatic heterocycles. The third-order valence-electron chi connectivity index (χ3n) is 3.24. The molecule has 5 nitrogen and oxygen atoms in total. The molecule has 0 spiro atoms. The third-order valence-corrected chi connectivity index (χ3v) is 3.24. The molecule has 0 saturated carbocycles. The number of carbonyl (C=O) groups is 2. The minimum Gasteiger partial charge on any atom is -0.355 e. The highest BCUT2D eigenvalue weighted by molar-refractivity contribution is 5.81. The maximum absolute atomic E-state index is 11.8. The van der Waals surface area contributed by atoms with Gasteiger partial charge in [-0.1, -0.05) is 6.92 Å². The average Bonchev–Trinajstić information content (AvgIpc) is 2.35. The van der Waals surface area contributed by atoms with Crippen molar-refractivity contribution in [2.24, 2.45) is 0 Å². The first-order valence-corrected chi connectivity index (χ1v) is 6.33. The van der Waals surface area contributed by atoms with Gasteiger partial charge < -0.3 is 10.2 Å². The van der Waals surface area contributed by atoms with E-state index in [4.69, 9.17) is 0 Å². The summed E-state index contributed by atoms with van der Waals surface area (Å²) in [5, 5.41) is 2.90. The summed E-state index contributed by atoms with van der Waals surface area (Å²) in [5.74, 6) is 0.205. The molecule has 0 bridgehead atoms. The molecule has 1 atom stereocenters. The van der Waals surface area contributed by atoms with Crippen LogP contribution in [-0.4, -0.2) is 60.4 Å². The predicted octanol–water partition coefficient (Wildman–Crippen LogP) is 0.0652. The van der Waals surface area contributed by atoms with E-state index in [9.17, 15) is 9.59 Å². The Morgan fingerprint density at radius 1 is 1.24 bits per heavy atom. The van der Waals surface area contributed by atoms with Gasteiger partial charge in [-0.2, -0.15) is 0 Å². The summed E-state index contributed by atoms with van der Waals surface area (Å²) in [6, 6.07) is -0.101. The van der Waals surface area contributed by atoms with E-state index in [1.54, 1.807) is 6.92 Å². The molecule has 17 heavy (non-hydrogen) atoms. The standard InChI is InChI=1S/C12H23N3O2/c1-4-5-13-12(17)10(2)14-6-8-15(9-7-14)11(3)16/h10H,4-9H2,1-3H3,(H,13,17). The van der Waals surface area contributed by atoms with Crippen molar-refractivity contribution >= 4 is 11.8 Å². The summed E-state index contributed by atoms with van der Waals surface area (Å²) < 4.78 is 0. The Labute approximate surface area is 103 Å². The molecule has 0 aromatic heterocycles. The molecule has 1 unspecified atom stereocenters. The van der Waals surface area contributed by atoms with Gasteiger partial charge in [-0.3, -0.25) is 14.5 Å². The number of amides is 2. The SMILES string of the molecule is CCCNC(=O)C(C)N1CCN(C(C)=O)CC1. The third kappa shape index (κ3) is 4.00. The molecule has 0 aromatic carbocycles. The van der Waals surface area contributed by atoms with Gasteiger partial charge in [0.15, 0.2) is 0 Å². The Morgan fingerprint density at radius 3 is 2.29 bits per heavy atom. The molecule has 1 rings (SSSR count). The van der Waals surface area contributed by atoms with Gasteiger partial charge in [0.1, 0.15) is 0 Å². The Balaban J connectivity index is 2.37. The molecular formula is C12H23N3O2. The predicted molar refractivity (Wildman–Crippen MR) is 66.6 cm³/mol. The first-order chi connectivity index (χ1) is 8.06. The van der Waals surface area contributed by atoms with Crippen molar-refractivity contribution in [2.75, 3.05) is 32.7 Å². The van der Waals surface area contributed by atoms with Crippen molar-refractivity contribution in [1.82, 2.24) is 15.1 Å². The van der Waals surface area contributed by atoms with Crippen LogP contribution in [0.2, 0.25) is 0 Å². The molecule has 1 fully saturated rings. The first-order valence-electron chi connectivity index (χ1n) is 6.33. The lowest BCUT2D eigenvalue weighted by molar-refractivity contribution is -0.132. The zero-order valence-electron chi connectivity index (χ0n) is 11.0. The van der Waals surface area contributed by atoms with Crippen LogP contribution in [-0.2, 0) is 9.59 Å². The maximum atomic E-state index is 11.8. The van der Waals surface area contributed by atoms with E-state index < -0.39 is 0 Å². The van der Waals surface area contributed by atoms with Gasteiger partial charge in [-0.25, -0.2) is 0 Å². The van der Waals surface area contributed by atoms with Crippen molar-refractivity contribution in [2.45, 2.75) is 33.2 Å². The molecular weight excluding hydrogens is 218 g/mol. The number of carbonyl (C=O) groups excluding carboxylic acids is 2. The van der Waals surface area contributed by atoms with Gasteiger partial charge in [-0.15, -0.1) is 0 Å². The normalized spacial score (nSPS) is 18.9. The quantitative estimate of drug-likeness (QED) is 0.757. The summed E-state index contributed by atoms with van der Waals surface area (Å²) in [6.07, 6.45) is 0.955. The molecule has 1 aliphatic rings. The molecule has 0 aromatic rings. The van der Waals surface area contributed by atoms with E-state index in [-0.39, 0.29) is 17.9 Å². The van der Waals surface area contributed by atoms with Crippen molar-refractivity contribution in [3.8, 4) is 0 Å². The van der Waals surface area contributed by atoms with Crippen LogP contribution in [0.1, 0.15) is 27.2 Å². The molecule has 98 valence electrons. The number of hydrogen-bond donors (Lipinski definition) is 1. The van der Waals surface area contributed by atoms with Crippen molar-refractivity contribution < 1.29 is 9.59 Å². The number of hydrogen-bond acceptors (Lipinski definition) is 3. The van der Waals surface area contributed by atoms with E-state index in [1.165, 1.54) is 0 Å². The second kappa shape index (κ2) is 6.59. The van der Waals surface area contributed by atoms with E-state index >= 15 is 0 Å². The zero-order chi connectivity index (χ0) is 12.8. The van der Waals surface area contributed by atoms with Crippen LogP contribution < -0.4 is 5.32 Å². The monoisotopic (exact) mass is 241 g/mol. The largest absolute Gasteiger partial charge is 0.355 e. The van der Waals surface area contributed by atoms with E-state index in [2.05, 4.69) is 10.2 Å². The molecule has 1 heterocycles. The second-order valence-corrected chi connectivity index (χ2v) is 4.51. The molecule has 5 heteroatoms. The van der Waals surface area contributed by atoms with Crippen LogP contribution in [0.15, 0.2) is 0 Å². The Bertz CT molecular complexity index is 273. The van der Waals surface area contributed by atoms with Crippen LogP contribution in [0.3, 0.4) is 0 Å². The summed E-state index contributed by atoms with van der Waals surface area (Å²) in [5.41, 5.74) is 0. The van der Waals surface area contributed by atoms with Crippen LogP contribution in [0.4, 0.5) is 0 Å². The van der Waals surface area contributed by atoms with Gasteiger partial charge in [0.2, 0.25) is 11.8 Å². The lowest BCUT2D eigenvalue weighted by Crippen LogP contribution is -2.54. The number of nitrogens with zero attached hydrogens (tertiary/aromatic N) is 2. The Kier molecular flexibility index (Phi) is 5.41. The van der Waals surface area contributed by atoms with Crippen molar-refractivity contribution in [3.63, 3.8) is 0 Å². The average molecular weight is 241 g/mol.